The number of likely N-dealkylation sites (tertiary alicyclic amines) is 1. The second kappa shape index (κ2) is 9.17. The highest BCUT2D eigenvalue weighted by atomic mass is 35.5. The van der Waals surface area contributed by atoms with Gasteiger partial charge in [0.25, 0.3) is 5.91 Å². The molecule has 0 spiro atoms. The zero-order valence-corrected chi connectivity index (χ0v) is 15.8. The number of benzene rings is 2. The third kappa shape index (κ3) is 5.07. The summed E-state index contributed by atoms with van der Waals surface area (Å²) >= 11 is 5.93. The molecule has 0 aromatic heterocycles. The second-order valence-electron chi connectivity index (χ2n) is 6.74. The molecule has 2 aromatic rings. The maximum absolute atomic E-state index is 12.4. The van der Waals surface area contributed by atoms with E-state index in [0.717, 1.165) is 55.4 Å². The highest BCUT2D eigenvalue weighted by Gasteiger charge is 2.22. The van der Waals surface area contributed by atoms with E-state index in [9.17, 15) is 4.79 Å². The van der Waals surface area contributed by atoms with E-state index in [1.807, 2.05) is 48.5 Å². The Balaban J connectivity index is 1.50. The van der Waals surface area contributed by atoms with Crippen molar-refractivity contribution in [2.75, 3.05) is 39.9 Å². The summed E-state index contributed by atoms with van der Waals surface area (Å²) in [6.07, 6.45) is 1.12. The standard InChI is InChI=1S/C21H25ClN2O2/c1-26-13-12-24-11-10-16(15-24)14-23-21(25)19-4-2-17(3-5-19)18-6-8-20(22)9-7-18/h2-9,16H,10-15H2,1H3,(H,23,25). The van der Waals surface area contributed by atoms with Crippen LogP contribution >= 0.6 is 11.6 Å². The molecule has 1 saturated heterocycles. The molecule has 1 fully saturated rings. The summed E-state index contributed by atoms with van der Waals surface area (Å²) in [5, 5.41) is 3.79. The molecule has 2 aromatic carbocycles. The minimum Gasteiger partial charge on any atom is -0.383 e. The van der Waals surface area contributed by atoms with Crippen LogP contribution in [0.4, 0.5) is 0 Å². The molecule has 138 valence electrons. The number of nitrogens with zero attached hydrogens (tertiary/aromatic N) is 1. The van der Waals surface area contributed by atoms with Gasteiger partial charge >= 0.3 is 0 Å². The Morgan fingerprint density at radius 2 is 1.81 bits per heavy atom. The van der Waals surface area contributed by atoms with Gasteiger partial charge in [0.15, 0.2) is 0 Å². The zero-order chi connectivity index (χ0) is 18.4. The van der Waals surface area contributed by atoms with Crippen LogP contribution in [0.25, 0.3) is 11.1 Å². The van der Waals surface area contributed by atoms with Crippen molar-refractivity contribution in [2.24, 2.45) is 5.92 Å². The molecule has 0 radical (unpaired) electrons. The van der Waals surface area contributed by atoms with Crippen molar-refractivity contribution in [1.29, 1.82) is 0 Å². The largest absolute Gasteiger partial charge is 0.383 e. The van der Waals surface area contributed by atoms with Gasteiger partial charge in [-0.15, -0.1) is 0 Å². The van der Waals surface area contributed by atoms with E-state index in [0.29, 0.717) is 11.5 Å². The van der Waals surface area contributed by atoms with E-state index < -0.39 is 0 Å². The predicted molar refractivity (Wildman–Crippen MR) is 106 cm³/mol. The Morgan fingerprint density at radius 3 is 2.46 bits per heavy atom. The molecule has 0 bridgehead atoms. The Morgan fingerprint density at radius 1 is 1.15 bits per heavy atom. The lowest BCUT2D eigenvalue weighted by Crippen LogP contribution is -2.31. The maximum Gasteiger partial charge on any atom is 0.251 e. The third-order valence-electron chi connectivity index (χ3n) is 4.86. The number of rotatable bonds is 7. The molecule has 1 aliphatic rings. The fourth-order valence-corrected chi connectivity index (χ4v) is 3.42. The van der Waals surface area contributed by atoms with Gasteiger partial charge in [0, 0.05) is 37.3 Å². The predicted octanol–water partition coefficient (Wildman–Crippen LogP) is 3.71. The molecule has 1 N–H and O–H groups in total. The number of nitrogens with one attached hydrogen (secondary N) is 1. The number of halogens is 1. The van der Waals surface area contributed by atoms with E-state index in [4.69, 9.17) is 16.3 Å². The maximum atomic E-state index is 12.4. The first-order chi connectivity index (χ1) is 12.7. The normalized spacial score (nSPS) is 17.4. The Labute approximate surface area is 160 Å². The first-order valence-corrected chi connectivity index (χ1v) is 9.39. The highest BCUT2D eigenvalue weighted by molar-refractivity contribution is 6.30. The van der Waals surface area contributed by atoms with Crippen LogP contribution in [-0.4, -0.2) is 50.7 Å². The molecule has 4 nitrogen and oxygen atoms in total. The van der Waals surface area contributed by atoms with E-state index >= 15 is 0 Å². The van der Waals surface area contributed by atoms with E-state index in [-0.39, 0.29) is 5.91 Å². The molecular formula is C21H25ClN2O2. The van der Waals surface area contributed by atoms with Gasteiger partial charge in [-0.25, -0.2) is 0 Å². The number of hydrogen-bond acceptors (Lipinski definition) is 3. The summed E-state index contributed by atoms with van der Waals surface area (Å²) < 4.78 is 5.12. The highest BCUT2D eigenvalue weighted by Crippen LogP contribution is 2.22. The van der Waals surface area contributed by atoms with Crippen molar-refractivity contribution < 1.29 is 9.53 Å². The van der Waals surface area contributed by atoms with Gasteiger partial charge < -0.3 is 15.0 Å². The summed E-state index contributed by atoms with van der Waals surface area (Å²) in [6, 6.07) is 15.4. The number of ether oxygens (including phenoxy) is 1. The molecule has 26 heavy (non-hydrogen) atoms. The van der Waals surface area contributed by atoms with E-state index in [1.54, 1.807) is 7.11 Å². The van der Waals surface area contributed by atoms with Crippen molar-refractivity contribution >= 4 is 17.5 Å². The lowest BCUT2D eigenvalue weighted by Gasteiger charge is -2.15. The van der Waals surface area contributed by atoms with Crippen LogP contribution in [-0.2, 0) is 4.74 Å². The molecule has 5 heteroatoms. The molecule has 3 rings (SSSR count). The second-order valence-corrected chi connectivity index (χ2v) is 7.18. The molecule has 0 saturated carbocycles. The van der Waals surface area contributed by atoms with Gasteiger partial charge in [-0.3, -0.25) is 4.79 Å². The first kappa shape index (κ1) is 18.9. The minimum atomic E-state index is -0.0111. The average molecular weight is 373 g/mol. The third-order valence-corrected chi connectivity index (χ3v) is 5.11. The molecule has 1 heterocycles. The van der Waals surface area contributed by atoms with Gasteiger partial charge in [0.1, 0.15) is 0 Å². The van der Waals surface area contributed by atoms with Gasteiger partial charge in [0.2, 0.25) is 0 Å². The van der Waals surface area contributed by atoms with Crippen LogP contribution in [0.5, 0.6) is 0 Å². The molecule has 0 aliphatic carbocycles. The molecule has 1 aliphatic heterocycles. The first-order valence-electron chi connectivity index (χ1n) is 9.01. The van der Waals surface area contributed by atoms with E-state index in [2.05, 4.69) is 10.2 Å². The smallest absolute Gasteiger partial charge is 0.251 e. The number of hydrogen-bond donors (Lipinski definition) is 1. The van der Waals surface area contributed by atoms with Gasteiger partial charge in [-0.05, 0) is 54.3 Å². The summed E-state index contributed by atoms with van der Waals surface area (Å²) in [5.74, 6) is 0.507. The minimum absolute atomic E-state index is 0.0111. The van der Waals surface area contributed by atoms with Crippen molar-refractivity contribution in [3.05, 3.63) is 59.1 Å². The molecular weight excluding hydrogens is 348 g/mol. The fraction of sp³-hybridized carbons (Fsp3) is 0.381. The van der Waals surface area contributed by atoms with Crippen LogP contribution in [0.2, 0.25) is 5.02 Å². The summed E-state index contributed by atoms with van der Waals surface area (Å²) in [6.45, 7) is 4.56. The van der Waals surface area contributed by atoms with Crippen LogP contribution in [0.15, 0.2) is 48.5 Å². The van der Waals surface area contributed by atoms with Crippen LogP contribution in [0.1, 0.15) is 16.8 Å². The molecule has 1 unspecified atom stereocenters. The van der Waals surface area contributed by atoms with Crippen molar-refractivity contribution in [1.82, 2.24) is 10.2 Å². The zero-order valence-electron chi connectivity index (χ0n) is 15.1. The van der Waals surface area contributed by atoms with Gasteiger partial charge in [-0.1, -0.05) is 35.9 Å². The molecule has 1 amide bonds. The van der Waals surface area contributed by atoms with E-state index in [1.165, 1.54) is 0 Å². The fourth-order valence-electron chi connectivity index (χ4n) is 3.30. The number of amides is 1. The van der Waals surface area contributed by atoms with Crippen molar-refractivity contribution in [3.63, 3.8) is 0 Å². The topological polar surface area (TPSA) is 41.6 Å². The van der Waals surface area contributed by atoms with Gasteiger partial charge in [0.05, 0.1) is 6.61 Å². The number of methoxy groups -OCH3 is 1. The SMILES string of the molecule is COCCN1CCC(CNC(=O)c2ccc(-c3ccc(Cl)cc3)cc2)C1. The summed E-state index contributed by atoms with van der Waals surface area (Å²) in [5.41, 5.74) is 2.85. The van der Waals surface area contributed by atoms with Gasteiger partial charge in [-0.2, -0.15) is 0 Å². The number of carbonyl (C=O) groups excluding carboxylic acids is 1. The summed E-state index contributed by atoms with van der Waals surface area (Å²) in [4.78, 5) is 14.8. The van der Waals surface area contributed by atoms with Crippen molar-refractivity contribution in [3.8, 4) is 11.1 Å². The number of carbonyl (C=O) groups is 1. The van der Waals surface area contributed by atoms with Crippen LogP contribution in [0.3, 0.4) is 0 Å². The monoisotopic (exact) mass is 372 g/mol. The molecule has 1 atom stereocenters. The Bertz CT molecular complexity index is 716. The average Bonchev–Trinajstić information content (AvgIpc) is 3.13. The lowest BCUT2D eigenvalue weighted by molar-refractivity contribution is 0.0946. The van der Waals surface area contributed by atoms with Crippen molar-refractivity contribution in [2.45, 2.75) is 6.42 Å². The Kier molecular flexibility index (Phi) is 6.67. The Hall–Kier alpha value is -1.88. The summed E-state index contributed by atoms with van der Waals surface area (Å²) in [7, 11) is 1.73. The van der Waals surface area contributed by atoms with Crippen LogP contribution in [0, 0.1) is 5.92 Å². The lowest BCUT2D eigenvalue weighted by atomic mass is 10.0. The quantitative estimate of drug-likeness (QED) is 0.805. The van der Waals surface area contributed by atoms with Crippen LogP contribution < -0.4 is 5.32 Å².